The maximum Gasteiger partial charge on any atom is 0.238 e. The molecular formula is H3O6P. The molecule has 0 unspecified atom stereocenters. The molecule has 0 aliphatic heterocycles. The van der Waals surface area contributed by atoms with Crippen LogP contribution in [0.3, 0.4) is 0 Å². The van der Waals surface area contributed by atoms with Gasteiger partial charge in [0.05, 0.1) is 0 Å². The number of rotatable bonds is 4. The highest BCUT2D eigenvalue weighted by Gasteiger charge is 1.83. The molecule has 7 heavy (non-hydrogen) atoms. The quantitative estimate of drug-likeness (QED) is 0.247. The van der Waals surface area contributed by atoms with Crippen LogP contribution in [0.25, 0.3) is 0 Å². The Balaban J connectivity index is 2.45. The van der Waals surface area contributed by atoms with Gasteiger partial charge in [0.1, 0.15) is 0 Å². The lowest BCUT2D eigenvalue weighted by molar-refractivity contribution is -0.468. The summed E-state index contributed by atoms with van der Waals surface area (Å²) in [5.74, 6) is 0. The van der Waals surface area contributed by atoms with Crippen LogP contribution < -0.4 is 0 Å². The van der Waals surface area contributed by atoms with E-state index in [1.165, 1.54) is 0 Å². The first-order valence-corrected chi connectivity index (χ1v) is 1.92. The van der Waals surface area contributed by atoms with E-state index in [1.54, 1.807) is 0 Å². The first kappa shape index (κ1) is 7.19. The molecule has 0 saturated carbocycles. The van der Waals surface area contributed by atoms with Crippen LogP contribution in [0.5, 0.6) is 0 Å². The Morgan fingerprint density at radius 1 is 1.00 bits per heavy atom. The summed E-state index contributed by atoms with van der Waals surface area (Å²) in [5.41, 5.74) is 0. The predicted octanol–water partition coefficient (Wildman–Crippen LogP) is 0.337. The predicted molar refractivity (Wildman–Crippen MR) is 17.9 cm³/mol. The first-order valence-electron chi connectivity index (χ1n) is 1.11. The standard InChI is InChI=1S/H3O6P/c1-3-5-7-6-4-2/h1-2,7H. The summed E-state index contributed by atoms with van der Waals surface area (Å²) in [7, 11) is -0.712. The molecule has 2 N–H and O–H groups in total. The maximum absolute atomic E-state index is 7.36. The summed E-state index contributed by atoms with van der Waals surface area (Å²) in [4.78, 5) is 0. The van der Waals surface area contributed by atoms with Crippen molar-refractivity contribution in [3.63, 3.8) is 0 Å². The van der Waals surface area contributed by atoms with Crippen molar-refractivity contribution in [1.29, 1.82) is 0 Å². The topological polar surface area (TPSA) is 77.4 Å². The van der Waals surface area contributed by atoms with Crippen LogP contribution in [0.2, 0.25) is 0 Å². The highest BCUT2D eigenvalue weighted by atomic mass is 31.1. The van der Waals surface area contributed by atoms with E-state index in [0.717, 1.165) is 0 Å². The monoisotopic (exact) mass is 130 g/mol. The minimum Gasteiger partial charge on any atom is -0.221 e. The van der Waals surface area contributed by atoms with Gasteiger partial charge in [-0.1, -0.05) is 10.1 Å². The van der Waals surface area contributed by atoms with E-state index in [4.69, 9.17) is 10.5 Å². The molecule has 0 amide bonds. The van der Waals surface area contributed by atoms with Gasteiger partial charge in [-0.3, -0.25) is 0 Å². The van der Waals surface area contributed by atoms with E-state index >= 15 is 0 Å². The Labute approximate surface area is 40.2 Å². The number of hydrogen-bond acceptors (Lipinski definition) is 6. The zero-order valence-electron chi connectivity index (χ0n) is 3.03. The minimum atomic E-state index is -0.712. The lowest BCUT2D eigenvalue weighted by Crippen LogP contribution is -1.78. The van der Waals surface area contributed by atoms with Crippen LogP contribution in [0.15, 0.2) is 0 Å². The Morgan fingerprint density at radius 3 is 1.71 bits per heavy atom. The minimum absolute atomic E-state index is 0.712. The molecule has 0 bridgehead atoms. The molecule has 0 fully saturated rings. The van der Waals surface area contributed by atoms with Crippen LogP contribution in [0.4, 0.5) is 0 Å². The molecule has 7 heteroatoms. The number of hydrogen-bond donors (Lipinski definition) is 2. The molecule has 0 radical (unpaired) electrons. The summed E-state index contributed by atoms with van der Waals surface area (Å²) in [6.45, 7) is 0. The van der Waals surface area contributed by atoms with Crippen LogP contribution in [0, 0.1) is 0 Å². The fourth-order valence-corrected chi connectivity index (χ4v) is 0.133. The van der Waals surface area contributed by atoms with Crippen molar-refractivity contribution < 1.29 is 29.9 Å². The van der Waals surface area contributed by atoms with Crippen molar-refractivity contribution in [2.24, 2.45) is 0 Å². The van der Waals surface area contributed by atoms with Gasteiger partial charge in [0.15, 0.2) is 0 Å². The van der Waals surface area contributed by atoms with Gasteiger partial charge in [-0.25, -0.2) is 10.5 Å². The smallest absolute Gasteiger partial charge is 0.221 e. The average Bonchev–Trinajstić information content (AvgIpc) is 1.69. The summed E-state index contributed by atoms with van der Waals surface area (Å²) in [5, 5.41) is 20.8. The third-order valence-corrected chi connectivity index (χ3v) is 0.428. The van der Waals surface area contributed by atoms with Crippen LogP contribution in [0.1, 0.15) is 0 Å². The molecule has 0 spiro atoms. The fraction of sp³-hybridized carbons (Fsp3) is 0. The average molecular weight is 130 g/mol. The van der Waals surface area contributed by atoms with Crippen molar-refractivity contribution in [3.8, 4) is 0 Å². The largest absolute Gasteiger partial charge is 0.238 e. The molecule has 0 atom stereocenters. The molecule has 0 aliphatic carbocycles. The van der Waals surface area contributed by atoms with E-state index in [0.29, 0.717) is 0 Å². The van der Waals surface area contributed by atoms with Gasteiger partial charge in [-0.2, -0.15) is 9.35 Å². The maximum atomic E-state index is 7.36. The zero-order valence-corrected chi connectivity index (χ0v) is 4.03. The third-order valence-electron chi connectivity index (χ3n) is 0.143. The Bertz CT molecular complexity index is 23.4. The van der Waals surface area contributed by atoms with E-state index < -0.39 is 9.03 Å². The van der Waals surface area contributed by atoms with Gasteiger partial charge >= 0.3 is 0 Å². The normalized spacial score (nSPS) is 9.43. The first-order chi connectivity index (χ1) is 3.41. The highest BCUT2D eigenvalue weighted by molar-refractivity contribution is 7.25. The van der Waals surface area contributed by atoms with E-state index in [1.807, 2.05) is 0 Å². The summed E-state index contributed by atoms with van der Waals surface area (Å²) < 4.78 is 7.30. The third kappa shape index (κ3) is 6.19. The molecule has 0 aromatic rings. The zero-order chi connectivity index (χ0) is 5.54. The van der Waals surface area contributed by atoms with Crippen molar-refractivity contribution in [2.45, 2.75) is 0 Å². The summed E-state index contributed by atoms with van der Waals surface area (Å²) >= 11 is 0. The molecular weight excluding hydrogens is 127 g/mol. The molecule has 0 aliphatic rings. The summed E-state index contributed by atoms with van der Waals surface area (Å²) in [6, 6.07) is 0. The second-order valence-corrected chi connectivity index (χ2v) is 0.899. The van der Waals surface area contributed by atoms with Gasteiger partial charge in [0.25, 0.3) is 0 Å². The van der Waals surface area contributed by atoms with Gasteiger partial charge in [0.2, 0.25) is 9.03 Å². The second kappa shape index (κ2) is 6.19. The molecule has 0 aromatic carbocycles. The fourth-order valence-electron chi connectivity index (χ4n) is 0.0443. The molecule has 0 heterocycles. The van der Waals surface area contributed by atoms with Gasteiger partial charge < -0.3 is 0 Å². The SMILES string of the molecule is OOOPOOO. The molecule has 44 valence electrons. The van der Waals surface area contributed by atoms with Crippen molar-refractivity contribution in [3.05, 3.63) is 0 Å². The van der Waals surface area contributed by atoms with E-state index in [9.17, 15) is 0 Å². The van der Waals surface area contributed by atoms with Crippen molar-refractivity contribution >= 4 is 9.03 Å². The van der Waals surface area contributed by atoms with Crippen LogP contribution in [-0.4, -0.2) is 10.5 Å². The molecule has 0 aromatic heterocycles. The molecule has 6 nitrogen and oxygen atoms in total. The van der Waals surface area contributed by atoms with Gasteiger partial charge in [0, 0.05) is 0 Å². The van der Waals surface area contributed by atoms with Crippen molar-refractivity contribution in [1.82, 2.24) is 0 Å². The second-order valence-electron chi connectivity index (χ2n) is 0.399. The van der Waals surface area contributed by atoms with Crippen LogP contribution >= 0.6 is 9.03 Å². The van der Waals surface area contributed by atoms with Crippen LogP contribution in [-0.2, 0) is 19.4 Å². The van der Waals surface area contributed by atoms with Gasteiger partial charge in [-0.15, -0.1) is 0 Å². The Kier molecular flexibility index (Phi) is 6.36. The lowest BCUT2D eigenvalue weighted by Gasteiger charge is -1.90. The lowest BCUT2D eigenvalue weighted by atomic mass is 14.6. The molecule has 0 rings (SSSR count). The Hall–Kier alpha value is 0.190. The van der Waals surface area contributed by atoms with E-state index in [-0.39, 0.29) is 0 Å². The van der Waals surface area contributed by atoms with Crippen molar-refractivity contribution in [2.75, 3.05) is 0 Å². The highest BCUT2D eigenvalue weighted by Crippen LogP contribution is 2.11. The van der Waals surface area contributed by atoms with Gasteiger partial charge in [-0.05, 0) is 0 Å². The van der Waals surface area contributed by atoms with E-state index in [2.05, 4.69) is 19.4 Å². The Morgan fingerprint density at radius 2 is 1.43 bits per heavy atom. The molecule has 0 saturated heterocycles. The summed E-state index contributed by atoms with van der Waals surface area (Å²) in [6.07, 6.45) is 0.